The van der Waals surface area contributed by atoms with Crippen molar-refractivity contribution in [2.75, 3.05) is 11.9 Å². The van der Waals surface area contributed by atoms with E-state index in [2.05, 4.69) is 17.4 Å². The van der Waals surface area contributed by atoms with E-state index >= 15 is 0 Å². The number of rotatable bonds is 6. The quantitative estimate of drug-likeness (QED) is 0.828. The first-order valence-corrected chi connectivity index (χ1v) is 9.04. The number of ether oxygens (including phenoxy) is 1. The highest BCUT2D eigenvalue weighted by Crippen LogP contribution is 2.33. The summed E-state index contributed by atoms with van der Waals surface area (Å²) >= 11 is 0. The highest BCUT2D eigenvalue weighted by Gasteiger charge is 2.15. The lowest BCUT2D eigenvalue weighted by molar-refractivity contribution is -0.118. The molecule has 0 bridgehead atoms. The van der Waals surface area contributed by atoms with Crippen LogP contribution in [0.25, 0.3) is 0 Å². The van der Waals surface area contributed by atoms with Gasteiger partial charge in [0.15, 0.2) is 6.61 Å². The van der Waals surface area contributed by atoms with Crippen molar-refractivity contribution in [1.29, 1.82) is 0 Å². The molecule has 0 atom stereocenters. The number of carbonyl (C=O) groups excluding carboxylic acids is 2. The van der Waals surface area contributed by atoms with E-state index in [4.69, 9.17) is 10.5 Å². The molecule has 3 N–H and O–H groups in total. The molecule has 2 aromatic rings. The van der Waals surface area contributed by atoms with Crippen molar-refractivity contribution in [3.63, 3.8) is 0 Å². The summed E-state index contributed by atoms with van der Waals surface area (Å²) in [6, 6.07) is 14.5. The van der Waals surface area contributed by atoms with E-state index < -0.39 is 5.91 Å². The van der Waals surface area contributed by atoms with Gasteiger partial charge in [-0.3, -0.25) is 9.59 Å². The van der Waals surface area contributed by atoms with E-state index in [-0.39, 0.29) is 12.5 Å². The average molecular weight is 352 g/mol. The van der Waals surface area contributed by atoms with Crippen LogP contribution >= 0.6 is 0 Å². The summed E-state index contributed by atoms with van der Waals surface area (Å²) in [7, 11) is 0. The maximum Gasteiger partial charge on any atom is 0.262 e. The second kappa shape index (κ2) is 8.52. The Morgan fingerprint density at radius 2 is 1.62 bits per heavy atom. The molecule has 1 aliphatic carbocycles. The van der Waals surface area contributed by atoms with E-state index in [9.17, 15) is 9.59 Å². The summed E-state index contributed by atoms with van der Waals surface area (Å²) in [5.74, 6) is 0.587. The summed E-state index contributed by atoms with van der Waals surface area (Å²) in [4.78, 5) is 23.0. The van der Waals surface area contributed by atoms with Gasteiger partial charge in [0.05, 0.1) is 0 Å². The molecule has 2 amide bonds. The zero-order chi connectivity index (χ0) is 18.4. The lowest BCUT2D eigenvalue weighted by Crippen LogP contribution is -2.20. The van der Waals surface area contributed by atoms with Crippen LogP contribution in [-0.2, 0) is 4.79 Å². The smallest absolute Gasteiger partial charge is 0.262 e. The first-order valence-electron chi connectivity index (χ1n) is 9.04. The van der Waals surface area contributed by atoms with E-state index in [1.807, 2.05) is 12.1 Å². The van der Waals surface area contributed by atoms with E-state index in [1.165, 1.54) is 37.7 Å². The van der Waals surface area contributed by atoms with E-state index in [0.717, 1.165) is 0 Å². The van der Waals surface area contributed by atoms with Gasteiger partial charge < -0.3 is 15.8 Å². The lowest BCUT2D eigenvalue weighted by Gasteiger charge is -2.22. The molecule has 26 heavy (non-hydrogen) atoms. The van der Waals surface area contributed by atoms with Gasteiger partial charge in [0.1, 0.15) is 5.75 Å². The topological polar surface area (TPSA) is 81.4 Å². The molecule has 0 heterocycles. The van der Waals surface area contributed by atoms with Gasteiger partial charge in [-0.15, -0.1) is 0 Å². The lowest BCUT2D eigenvalue weighted by atomic mass is 9.84. The third-order valence-corrected chi connectivity index (χ3v) is 4.78. The van der Waals surface area contributed by atoms with E-state index in [0.29, 0.717) is 22.9 Å². The van der Waals surface area contributed by atoms with E-state index in [1.54, 1.807) is 24.3 Å². The molecule has 5 nitrogen and oxygen atoms in total. The second-order valence-electron chi connectivity index (χ2n) is 6.68. The van der Waals surface area contributed by atoms with Crippen LogP contribution in [0.4, 0.5) is 5.69 Å². The van der Waals surface area contributed by atoms with Crippen molar-refractivity contribution >= 4 is 17.5 Å². The van der Waals surface area contributed by atoms with Crippen LogP contribution < -0.4 is 15.8 Å². The van der Waals surface area contributed by atoms with Gasteiger partial charge in [0, 0.05) is 11.3 Å². The van der Waals surface area contributed by atoms with Crippen LogP contribution in [0.3, 0.4) is 0 Å². The Kier molecular flexibility index (Phi) is 5.89. The minimum atomic E-state index is -0.497. The van der Waals surface area contributed by atoms with Crippen LogP contribution in [-0.4, -0.2) is 18.4 Å². The van der Waals surface area contributed by atoms with Crippen LogP contribution in [0.5, 0.6) is 5.75 Å². The third kappa shape index (κ3) is 4.85. The molecule has 0 radical (unpaired) electrons. The molecule has 0 saturated heterocycles. The van der Waals surface area contributed by atoms with Gasteiger partial charge in [0.25, 0.3) is 5.91 Å². The van der Waals surface area contributed by atoms with Gasteiger partial charge in [-0.25, -0.2) is 0 Å². The Labute approximate surface area is 153 Å². The minimum absolute atomic E-state index is 0.0691. The van der Waals surface area contributed by atoms with Gasteiger partial charge >= 0.3 is 0 Å². The number of benzene rings is 2. The summed E-state index contributed by atoms with van der Waals surface area (Å²) in [5, 5.41) is 2.73. The number of primary amides is 1. The van der Waals surface area contributed by atoms with Gasteiger partial charge in [-0.1, -0.05) is 31.4 Å². The Hall–Kier alpha value is -2.82. The molecule has 0 aromatic heterocycles. The number of carbonyl (C=O) groups is 2. The fourth-order valence-corrected chi connectivity index (χ4v) is 3.34. The van der Waals surface area contributed by atoms with Crippen LogP contribution in [0.1, 0.15) is 53.9 Å². The second-order valence-corrected chi connectivity index (χ2v) is 6.68. The SMILES string of the molecule is NC(=O)c1ccc(NC(=O)COc2ccc(C3CCCCC3)cc2)cc1. The predicted octanol–water partition coefficient (Wildman–Crippen LogP) is 3.85. The molecule has 1 saturated carbocycles. The Morgan fingerprint density at radius 1 is 0.962 bits per heavy atom. The van der Waals surface area contributed by atoms with Gasteiger partial charge in [-0.2, -0.15) is 0 Å². The highest BCUT2D eigenvalue weighted by molar-refractivity contribution is 5.95. The molecule has 0 aliphatic heterocycles. The predicted molar refractivity (Wildman–Crippen MR) is 101 cm³/mol. The zero-order valence-corrected chi connectivity index (χ0v) is 14.7. The Morgan fingerprint density at radius 3 is 2.23 bits per heavy atom. The number of nitrogens with one attached hydrogen (secondary N) is 1. The number of anilines is 1. The van der Waals surface area contributed by atoms with Crippen LogP contribution in [0, 0.1) is 0 Å². The first kappa shape index (κ1) is 18.0. The fraction of sp³-hybridized carbons (Fsp3) is 0.333. The molecular weight excluding hydrogens is 328 g/mol. The maximum atomic E-state index is 12.0. The zero-order valence-electron chi connectivity index (χ0n) is 14.7. The Balaban J connectivity index is 1.48. The van der Waals surface area contributed by atoms with Gasteiger partial charge in [0.2, 0.25) is 5.91 Å². The molecule has 136 valence electrons. The van der Waals surface area contributed by atoms with Gasteiger partial charge in [-0.05, 0) is 60.7 Å². The van der Waals surface area contributed by atoms with Crippen molar-refractivity contribution in [2.45, 2.75) is 38.0 Å². The summed E-state index contributed by atoms with van der Waals surface area (Å²) in [6.45, 7) is -0.0691. The fourth-order valence-electron chi connectivity index (χ4n) is 3.34. The molecule has 2 aromatic carbocycles. The summed E-state index contributed by atoms with van der Waals surface area (Å²) < 4.78 is 5.56. The molecule has 5 heteroatoms. The molecule has 0 unspecified atom stereocenters. The molecule has 3 rings (SSSR count). The minimum Gasteiger partial charge on any atom is -0.484 e. The number of hydrogen-bond acceptors (Lipinski definition) is 3. The first-order chi connectivity index (χ1) is 12.6. The van der Waals surface area contributed by atoms with Crippen LogP contribution in [0.2, 0.25) is 0 Å². The standard InChI is InChI=1S/C21H24N2O3/c22-21(25)17-6-10-18(11-7-17)23-20(24)14-26-19-12-8-16(9-13-19)15-4-2-1-3-5-15/h6-13,15H,1-5,14H2,(H2,22,25)(H,23,24). The maximum absolute atomic E-state index is 12.0. The van der Waals surface area contributed by atoms with Crippen molar-refractivity contribution in [2.24, 2.45) is 5.73 Å². The van der Waals surface area contributed by atoms with Crippen LogP contribution in [0.15, 0.2) is 48.5 Å². The third-order valence-electron chi connectivity index (χ3n) is 4.78. The average Bonchev–Trinajstić information content (AvgIpc) is 2.68. The normalized spacial score (nSPS) is 14.6. The summed E-state index contributed by atoms with van der Waals surface area (Å²) in [5.41, 5.74) is 7.54. The largest absolute Gasteiger partial charge is 0.484 e. The van der Waals surface area contributed by atoms with Crippen molar-refractivity contribution < 1.29 is 14.3 Å². The Bertz CT molecular complexity index is 748. The highest BCUT2D eigenvalue weighted by atomic mass is 16.5. The summed E-state index contributed by atoms with van der Waals surface area (Å²) in [6.07, 6.45) is 6.49. The molecule has 0 spiro atoms. The molecule has 1 fully saturated rings. The van der Waals surface area contributed by atoms with Crippen molar-refractivity contribution in [3.05, 3.63) is 59.7 Å². The number of hydrogen-bond donors (Lipinski definition) is 2. The van der Waals surface area contributed by atoms with Crippen molar-refractivity contribution in [3.8, 4) is 5.75 Å². The van der Waals surface area contributed by atoms with Crippen molar-refractivity contribution in [1.82, 2.24) is 0 Å². The number of nitrogens with two attached hydrogens (primary N) is 1. The molecular formula is C21H24N2O3. The molecule has 1 aliphatic rings. The number of amides is 2. The monoisotopic (exact) mass is 352 g/mol.